The smallest absolute Gasteiger partial charge is 0.243 e. The number of halogens is 1. The summed E-state index contributed by atoms with van der Waals surface area (Å²) in [6, 6.07) is 4.41. The van der Waals surface area contributed by atoms with Gasteiger partial charge in [0, 0.05) is 11.6 Å². The minimum Gasteiger partial charge on any atom is -0.345 e. The number of rotatable bonds is 6. The van der Waals surface area contributed by atoms with E-state index in [4.69, 9.17) is 17.3 Å². The molecule has 3 N–H and O–H groups in total. The number of nitrogens with one attached hydrogen (secondary N) is 1. The zero-order chi connectivity index (χ0) is 20.2. The van der Waals surface area contributed by atoms with E-state index >= 15 is 0 Å². The number of nitrogens with zero attached hydrogens (tertiary/aromatic N) is 1. The monoisotopic (exact) mass is 415 g/mol. The van der Waals surface area contributed by atoms with Crippen molar-refractivity contribution in [3.8, 4) is 0 Å². The molecule has 1 heterocycles. The van der Waals surface area contributed by atoms with E-state index in [1.54, 1.807) is 0 Å². The molecule has 1 amide bonds. The van der Waals surface area contributed by atoms with Gasteiger partial charge < -0.3 is 11.1 Å². The van der Waals surface area contributed by atoms with E-state index in [1.165, 1.54) is 24.3 Å². The van der Waals surface area contributed by atoms with Crippen molar-refractivity contribution in [2.45, 2.75) is 50.1 Å². The van der Waals surface area contributed by atoms with Crippen molar-refractivity contribution in [1.82, 2.24) is 9.62 Å². The standard InChI is InChI=1S/C18H26ClN3O4S/c1-12(2)10-15(20)18(24)21-16-4-3-9-22(11-17(16)23)27(25,26)14-7-5-13(19)6-8-14/h5-8,12,15-16H,3-4,9-11,20H2,1-2H3,(H,21,24)/t15-,16?/m0/s1. The number of carbonyl (C=O) groups excluding carboxylic acids is 2. The molecule has 1 aliphatic heterocycles. The number of amides is 1. The van der Waals surface area contributed by atoms with Crippen LogP contribution in [0, 0.1) is 5.92 Å². The fraction of sp³-hybridized carbons (Fsp3) is 0.556. The van der Waals surface area contributed by atoms with Gasteiger partial charge in [-0.25, -0.2) is 8.42 Å². The number of Topliss-reactive ketones (excluding diaryl/α,β-unsaturated/α-hetero) is 1. The summed E-state index contributed by atoms with van der Waals surface area (Å²) in [6.07, 6.45) is 1.36. The van der Waals surface area contributed by atoms with Gasteiger partial charge in [-0.1, -0.05) is 25.4 Å². The lowest BCUT2D eigenvalue weighted by Gasteiger charge is -2.21. The number of hydrogen-bond donors (Lipinski definition) is 2. The van der Waals surface area contributed by atoms with Gasteiger partial charge in [-0.05, 0) is 49.4 Å². The van der Waals surface area contributed by atoms with E-state index in [9.17, 15) is 18.0 Å². The van der Waals surface area contributed by atoms with E-state index in [0.717, 1.165) is 4.31 Å². The number of ketones is 1. The quantitative estimate of drug-likeness (QED) is 0.732. The predicted octanol–water partition coefficient (Wildman–Crippen LogP) is 1.55. The van der Waals surface area contributed by atoms with Gasteiger partial charge in [0.25, 0.3) is 0 Å². The van der Waals surface area contributed by atoms with Crippen LogP contribution in [0.2, 0.25) is 5.02 Å². The van der Waals surface area contributed by atoms with Crippen LogP contribution >= 0.6 is 11.6 Å². The molecule has 9 heteroatoms. The van der Waals surface area contributed by atoms with Crippen LogP contribution in [0.15, 0.2) is 29.2 Å². The summed E-state index contributed by atoms with van der Waals surface area (Å²) in [4.78, 5) is 24.8. The average molecular weight is 416 g/mol. The Morgan fingerprint density at radius 2 is 1.96 bits per heavy atom. The average Bonchev–Trinajstić information content (AvgIpc) is 2.77. The summed E-state index contributed by atoms with van der Waals surface area (Å²) in [5, 5.41) is 3.11. The number of sulfonamides is 1. The highest BCUT2D eigenvalue weighted by Gasteiger charge is 2.33. The summed E-state index contributed by atoms with van der Waals surface area (Å²) in [6.45, 7) is 3.85. The third kappa shape index (κ3) is 5.75. The zero-order valence-electron chi connectivity index (χ0n) is 15.5. The lowest BCUT2D eigenvalue weighted by molar-refractivity contribution is -0.128. The van der Waals surface area contributed by atoms with Crippen LogP contribution in [0.25, 0.3) is 0 Å². The molecule has 1 saturated heterocycles. The third-order valence-corrected chi connectivity index (χ3v) is 6.56. The number of carbonyl (C=O) groups is 2. The molecule has 1 unspecified atom stereocenters. The summed E-state index contributed by atoms with van der Waals surface area (Å²) in [5.41, 5.74) is 5.86. The number of hydrogen-bond acceptors (Lipinski definition) is 5. The maximum Gasteiger partial charge on any atom is 0.243 e. The molecule has 1 aromatic rings. The van der Waals surface area contributed by atoms with Gasteiger partial charge in [-0.2, -0.15) is 4.31 Å². The van der Waals surface area contributed by atoms with E-state index in [2.05, 4.69) is 5.32 Å². The Kier molecular flexibility index (Phi) is 7.39. The Labute approximate surface area is 165 Å². The fourth-order valence-corrected chi connectivity index (χ4v) is 4.57. The lowest BCUT2D eigenvalue weighted by atomic mass is 10.0. The van der Waals surface area contributed by atoms with Gasteiger partial charge in [0.1, 0.15) is 0 Å². The fourth-order valence-electron chi connectivity index (χ4n) is 3.00. The minimum absolute atomic E-state index is 0.0844. The first kappa shape index (κ1) is 21.8. The summed E-state index contributed by atoms with van der Waals surface area (Å²) >= 11 is 5.81. The van der Waals surface area contributed by atoms with Crippen LogP contribution in [-0.4, -0.2) is 49.6 Å². The Bertz CT molecular complexity index is 780. The molecule has 0 spiro atoms. The SMILES string of the molecule is CC(C)C[C@H](N)C(=O)NC1CCCN(S(=O)(=O)c2ccc(Cl)cc2)CC1=O. The number of benzene rings is 1. The highest BCUT2D eigenvalue weighted by Crippen LogP contribution is 2.21. The van der Waals surface area contributed by atoms with Crippen molar-refractivity contribution >= 4 is 33.3 Å². The normalized spacial score (nSPS) is 20.3. The van der Waals surface area contributed by atoms with E-state index in [1.807, 2.05) is 13.8 Å². The van der Waals surface area contributed by atoms with Gasteiger partial charge >= 0.3 is 0 Å². The molecule has 0 aromatic heterocycles. The number of nitrogens with two attached hydrogens (primary N) is 1. The largest absolute Gasteiger partial charge is 0.345 e. The lowest BCUT2D eigenvalue weighted by Crippen LogP contribution is -2.50. The van der Waals surface area contributed by atoms with Gasteiger partial charge in [0.2, 0.25) is 15.9 Å². The van der Waals surface area contributed by atoms with E-state index in [-0.39, 0.29) is 35.6 Å². The van der Waals surface area contributed by atoms with Crippen LogP contribution in [0.3, 0.4) is 0 Å². The van der Waals surface area contributed by atoms with Gasteiger partial charge in [-0.15, -0.1) is 0 Å². The predicted molar refractivity (Wildman–Crippen MR) is 104 cm³/mol. The maximum absolute atomic E-state index is 12.8. The minimum atomic E-state index is -3.80. The van der Waals surface area contributed by atoms with Crippen LogP contribution in [0.5, 0.6) is 0 Å². The van der Waals surface area contributed by atoms with E-state index in [0.29, 0.717) is 24.3 Å². The van der Waals surface area contributed by atoms with Crippen LogP contribution in [0.4, 0.5) is 0 Å². The molecular formula is C18H26ClN3O4S. The van der Waals surface area contributed by atoms with Crippen molar-refractivity contribution in [2.75, 3.05) is 13.1 Å². The molecule has 2 atom stereocenters. The third-order valence-electron chi connectivity index (χ3n) is 4.45. The molecular weight excluding hydrogens is 390 g/mol. The van der Waals surface area contributed by atoms with Gasteiger partial charge in [-0.3, -0.25) is 9.59 Å². The molecule has 150 valence electrons. The molecule has 0 bridgehead atoms. The highest BCUT2D eigenvalue weighted by molar-refractivity contribution is 7.89. The second-order valence-electron chi connectivity index (χ2n) is 7.20. The van der Waals surface area contributed by atoms with E-state index < -0.39 is 22.1 Å². The Morgan fingerprint density at radius 1 is 1.33 bits per heavy atom. The van der Waals surface area contributed by atoms with Gasteiger partial charge in [0.05, 0.1) is 23.5 Å². The van der Waals surface area contributed by atoms with Crippen molar-refractivity contribution in [3.05, 3.63) is 29.3 Å². The van der Waals surface area contributed by atoms with Crippen LogP contribution in [0.1, 0.15) is 33.1 Å². The molecule has 0 radical (unpaired) electrons. The Hall–Kier alpha value is -1.48. The zero-order valence-corrected chi connectivity index (χ0v) is 17.1. The van der Waals surface area contributed by atoms with Crippen molar-refractivity contribution in [3.63, 3.8) is 0 Å². The highest BCUT2D eigenvalue weighted by atomic mass is 35.5. The Balaban J connectivity index is 2.07. The molecule has 2 rings (SSSR count). The first-order valence-corrected chi connectivity index (χ1v) is 10.8. The second-order valence-corrected chi connectivity index (χ2v) is 9.57. The Morgan fingerprint density at radius 3 is 2.56 bits per heavy atom. The second kappa shape index (κ2) is 9.14. The van der Waals surface area contributed by atoms with Crippen molar-refractivity contribution < 1.29 is 18.0 Å². The molecule has 0 saturated carbocycles. The topological polar surface area (TPSA) is 110 Å². The summed E-state index contributed by atoms with van der Waals surface area (Å²) < 4.78 is 26.7. The van der Waals surface area contributed by atoms with Crippen molar-refractivity contribution in [1.29, 1.82) is 0 Å². The maximum atomic E-state index is 12.8. The molecule has 7 nitrogen and oxygen atoms in total. The van der Waals surface area contributed by atoms with Gasteiger partial charge in [0.15, 0.2) is 5.78 Å². The summed E-state index contributed by atoms with van der Waals surface area (Å²) in [5.74, 6) is -0.457. The molecule has 1 fully saturated rings. The summed E-state index contributed by atoms with van der Waals surface area (Å²) in [7, 11) is -3.80. The van der Waals surface area contributed by atoms with Crippen LogP contribution < -0.4 is 11.1 Å². The first-order chi connectivity index (χ1) is 12.6. The first-order valence-electron chi connectivity index (χ1n) is 8.95. The molecule has 1 aromatic carbocycles. The molecule has 0 aliphatic carbocycles. The van der Waals surface area contributed by atoms with Crippen molar-refractivity contribution in [2.24, 2.45) is 11.7 Å². The molecule has 27 heavy (non-hydrogen) atoms. The van der Waals surface area contributed by atoms with Crippen LogP contribution in [-0.2, 0) is 19.6 Å². The molecule has 1 aliphatic rings.